The van der Waals surface area contributed by atoms with Gasteiger partial charge in [-0.3, -0.25) is 4.79 Å². The van der Waals surface area contributed by atoms with Crippen LogP contribution in [0.25, 0.3) is 0 Å². The zero-order valence-corrected chi connectivity index (χ0v) is 10.7. The van der Waals surface area contributed by atoms with Crippen molar-refractivity contribution in [3.05, 3.63) is 27.4 Å². The minimum absolute atomic E-state index is 0.0111. The molecule has 0 radical (unpaired) electrons. The van der Waals surface area contributed by atoms with Crippen LogP contribution in [0.15, 0.2) is 4.79 Å². The van der Waals surface area contributed by atoms with Crippen LogP contribution in [-0.2, 0) is 6.54 Å². The van der Waals surface area contributed by atoms with E-state index in [2.05, 4.69) is 29.1 Å². The van der Waals surface area contributed by atoms with Gasteiger partial charge in [0.05, 0.1) is 6.54 Å². The number of hydrogen-bond donors (Lipinski definition) is 2. The van der Waals surface area contributed by atoms with Crippen molar-refractivity contribution in [2.24, 2.45) is 0 Å². The van der Waals surface area contributed by atoms with Crippen LogP contribution in [0.2, 0.25) is 0 Å². The van der Waals surface area contributed by atoms with Crippen molar-refractivity contribution < 1.29 is 0 Å². The summed E-state index contributed by atoms with van der Waals surface area (Å²) in [5.74, 6) is 0.920. The van der Waals surface area contributed by atoms with E-state index in [9.17, 15) is 4.79 Å². The molecule has 0 aliphatic carbocycles. The number of aromatic nitrogens is 2. The summed E-state index contributed by atoms with van der Waals surface area (Å²) in [6.07, 6.45) is 0. The average molecular weight is 223 g/mol. The van der Waals surface area contributed by atoms with Gasteiger partial charge in [0.2, 0.25) is 0 Å². The maximum absolute atomic E-state index is 11.8. The fraction of sp³-hybridized carbons (Fsp3) is 0.667. The molecule has 0 fully saturated rings. The lowest BCUT2D eigenvalue weighted by molar-refractivity contribution is 0.568. The van der Waals surface area contributed by atoms with Crippen LogP contribution in [0, 0.1) is 6.92 Å². The van der Waals surface area contributed by atoms with Crippen LogP contribution in [-0.4, -0.2) is 16.0 Å². The van der Waals surface area contributed by atoms with Crippen molar-refractivity contribution in [2.45, 2.75) is 53.1 Å². The Labute approximate surface area is 96.5 Å². The number of nitrogens with one attached hydrogen (secondary N) is 2. The van der Waals surface area contributed by atoms with E-state index < -0.39 is 0 Å². The van der Waals surface area contributed by atoms with E-state index in [1.54, 1.807) is 0 Å². The molecule has 1 aromatic rings. The summed E-state index contributed by atoms with van der Waals surface area (Å²) in [6.45, 7) is 10.6. The van der Waals surface area contributed by atoms with Crippen molar-refractivity contribution >= 4 is 0 Å². The Kier molecular flexibility index (Phi) is 4.24. The van der Waals surface area contributed by atoms with Gasteiger partial charge in [0, 0.05) is 17.3 Å². The van der Waals surface area contributed by atoms with Gasteiger partial charge in [-0.2, -0.15) is 0 Å². The maximum atomic E-state index is 11.8. The van der Waals surface area contributed by atoms with Crippen LogP contribution in [0.3, 0.4) is 0 Å². The molecule has 0 aromatic carbocycles. The first-order valence-electron chi connectivity index (χ1n) is 5.75. The summed E-state index contributed by atoms with van der Waals surface area (Å²) < 4.78 is 0. The van der Waals surface area contributed by atoms with Crippen LogP contribution in [0.1, 0.15) is 50.7 Å². The van der Waals surface area contributed by atoms with Crippen LogP contribution < -0.4 is 10.9 Å². The van der Waals surface area contributed by atoms with E-state index in [0.29, 0.717) is 18.4 Å². The maximum Gasteiger partial charge on any atom is 0.254 e. The fourth-order valence-electron chi connectivity index (χ4n) is 1.72. The first kappa shape index (κ1) is 12.9. The second kappa shape index (κ2) is 5.25. The third-order valence-corrected chi connectivity index (χ3v) is 2.45. The van der Waals surface area contributed by atoms with E-state index in [1.165, 1.54) is 0 Å². The van der Waals surface area contributed by atoms with Crippen LogP contribution >= 0.6 is 0 Å². The topological polar surface area (TPSA) is 57.8 Å². The van der Waals surface area contributed by atoms with E-state index in [4.69, 9.17) is 0 Å². The van der Waals surface area contributed by atoms with Gasteiger partial charge in [-0.15, -0.1) is 0 Å². The number of nitrogens with zero attached hydrogens (tertiary/aromatic N) is 1. The highest BCUT2D eigenvalue weighted by Crippen LogP contribution is 2.11. The fourth-order valence-corrected chi connectivity index (χ4v) is 1.72. The molecule has 2 N–H and O–H groups in total. The predicted molar refractivity (Wildman–Crippen MR) is 65.7 cm³/mol. The lowest BCUT2D eigenvalue weighted by Gasteiger charge is -2.11. The zero-order valence-electron chi connectivity index (χ0n) is 10.7. The van der Waals surface area contributed by atoms with Gasteiger partial charge >= 0.3 is 0 Å². The van der Waals surface area contributed by atoms with Crippen molar-refractivity contribution in [1.29, 1.82) is 0 Å². The minimum Gasteiger partial charge on any atom is -0.309 e. The van der Waals surface area contributed by atoms with Gasteiger partial charge in [-0.05, 0) is 12.8 Å². The number of H-pyrrole nitrogens is 1. The molecule has 0 aliphatic rings. The SMILES string of the molecule is Cc1nc(CNC(C)C)[nH]c(=O)c1C(C)C. The molecule has 0 saturated carbocycles. The summed E-state index contributed by atoms with van der Waals surface area (Å²) in [5, 5.41) is 3.23. The summed E-state index contributed by atoms with van der Waals surface area (Å²) in [5.41, 5.74) is 1.61. The normalized spacial score (nSPS) is 11.4. The van der Waals surface area contributed by atoms with Crippen molar-refractivity contribution in [3.63, 3.8) is 0 Å². The number of rotatable bonds is 4. The summed E-state index contributed by atoms with van der Waals surface area (Å²) in [7, 11) is 0. The first-order chi connectivity index (χ1) is 7.41. The molecule has 0 saturated heterocycles. The second-order valence-corrected chi connectivity index (χ2v) is 4.70. The number of aromatic amines is 1. The molecule has 1 rings (SSSR count). The Morgan fingerprint density at radius 3 is 2.38 bits per heavy atom. The van der Waals surface area contributed by atoms with Gasteiger partial charge in [0.1, 0.15) is 5.82 Å². The molecule has 1 heterocycles. The number of hydrogen-bond acceptors (Lipinski definition) is 3. The van der Waals surface area contributed by atoms with Gasteiger partial charge < -0.3 is 10.3 Å². The lowest BCUT2D eigenvalue weighted by atomic mass is 10.0. The molecule has 0 aliphatic heterocycles. The Morgan fingerprint density at radius 1 is 1.31 bits per heavy atom. The predicted octanol–water partition coefficient (Wildman–Crippen LogP) is 1.70. The Morgan fingerprint density at radius 2 is 1.94 bits per heavy atom. The van der Waals surface area contributed by atoms with E-state index in [-0.39, 0.29) is 11.5 Å². The van der Waals surface area contributed by atoms with Gasteiger partial charge in [0.25, 0.3) is 5.56 Å². The minimum atomic E-state index is -0.0111. The Balaban J connectivity index is 2.96. The zero-order chi connectivity index (χ0) is 12.3. The summed E-state index contributed by atoms with van der Waals surface area (Å²) in [6, 6.07) is 0.385. The molecular formula is C12H21N3O. The van der Waals surface area contributed by atoms with Crippen LogP contribution in [0.4, 0.5) is 0 Å². The molecule has 4 nitrogen and oxygen atoms in total. The van der Waals surface area contributed by atoms with E-state index in [1.807, 2.05) is 20.8 Å². The first-order valence-corrected chi connectivity index (χ1v) is 5.75. The Bertz CT molecular complexity index is 407. The highest BCUT2D eigenvalue weighted by molar-refractivity contribution is 5.19. The number of aryl methyl sites for hydroxylation is 1. The summed E-state index contributed by atoms with van der Waals surface area (Å²) >= 11 is 0. The molecule has 0 unspecified atom stereocenters. The average Bonchev–Trinajstić information content (AvgIpc) is 2.12. The molecule has 1 aromatic heterocycles. The van der Waals surface area contributed by atoms with Crippen molar-refractivity contribution in [3.8, 4) is 0 Å². The van der Waals surface area contributed by atoms with Gasteiger partial charge in [0.15, 0.2) is 0 Å². The second-order valence-electron chi connectivity index (χ2n) is 4.70. The monoisotopic (exact) mass is 223 g/mol. The molecule has 0 amide bonds. The van der Waals surface area contributed by atoms with Crippen molar-refractivity contribution in [2.75, 3.05) is 0 Å². The molecule has 16 heavy (non-hydrogen) atoms. The van der Waals surface area contributed by atoms with Crippen LogP contribution in [0.5, 0.6) is 0 Å². The quantitative estimate of drug-likeness (QED) is 0.816. The van der Waals surface area contributed by atoms with Crippen molar-refractivity contribution in [1.82, 2.24) is 15.3 Å². The highest BCUT2D eigenvalue weighted by Gasteiger charge is 2.11. The highest BCUT2D eigenvalue weighted by atomic mass is 16.1. The molecule has 0 bridgehead atoms. The third kappa shape index (κ3) is 3.17. The standard InChI is InChI=1S/C12H21N3O/c1-7(2)11-9(5)14-10(15-12(11)16)6-13-8(3)4/h7-8,13H,6H2,1-5H3,(H,14,15,16). The largest absolute Gasteiger partial charge is 0.309 e. The van der Waals surface area contributed by atoms with E-state index >= 15 is 0 Å². The lowest BCUT2D eigenvalue weighted by Crippen LogP contribution is -2.27. The molecule has 0 atom stereocenters. The molecule has 4 heteroatoms. The summed E-state index contributed by atoms with van der Waals surface area (Å²) in [4.78, 5) is 19.1. The van der Waals surface area contributed by atoms with E-state index in [0.717, 1.165) is 11.3 Å². The molecular weight excluding hydrogens is 202 g/mol. The molecule has 90 valence electrons. The van der Waals surface area contributed by atoms with Gasteiger partial charge in [-0.25, -0.2) is 4.98 Å². The smallest absolute Gasteiger partial charge is 0.254 e. The third-order valence-electron chi connectivity index (χ3n) is 2.45. The van der Waals surface area contributed by atoms with Gasteiger partial charge in [-0.1, -0.05) is 27.7 Å². The molecule has 0 spiro atoms. The Hall–Kier alpha value is -1.16.